The fourth-order valence-corrected chi connectivity index (χ4v) is 3.75. The van der Waals surface area contributed by atoms with Crippen LogP contribution < -0.4 is 10.6 Å². The van der Waals surface area contributed by atoms with E-state index < -0.39 is 35.2 Å². The Bertz CT molecular complexity index is 836. The molecular formula is C26H43N3O5S. The highest BCUT2D eigenvalue weighted by Gasteiger charge is 2.42. The van der Waals surface area contributed by atoms with E-state index in [9.17, 15) is 19.5 Å². The summed E-state index contributed by atoms with van der Waals surface area (Å²) >= 11 is 4.31. The Morgan fingerprint density at radius 1 is 1.06 bits per heavy atom. The normalized spacial score (nSPS) is 13.5. The number of hydrogen-bond acceptors (Lipinski definition) is 6. The van der Waals surface area contributed by atoms with Gasteiger partial charge in [0.25, 0.3) is 0 Å². The summed E-state index contributed by atoms with van der Waals surface area (Å²) in [6.07, 6.45) is 2.65. The number of aromatic hydroxyl groups is 1. The van der Waals surface area contributed by atoms with Crippen molar-refractivity contribution in [2.75, 3.05) is 12.3 Å². The van der Waals surface area contributed by atoms with Crippen LogP contribution in [0.4, 0.5) is 4.79 Å². The molecule has 8 nitrogen and oxygen atoms in total. The fraction of sp³-hybridized carbons (Fsp3) is 0.654. The number of phenols is 1. The molecule has 9 heteroatoms. The van der Waals surface area contributed by atoms with E-state index in [4.69, 9.17) is 4.74 Å². The highest BCUT2D eigenvalue weighted by molar-refractivity contribution is 7.80. The van der Waals surface area contributed by atoms with Gasteiger partial charge in [0.05, 0.1) is 0 Å². The Hall–Kier alpha value is -2.42. The number of ether oxygens (including phenoxy) is 1. The van der Waals surface area contributed by atoms with Gasteiger partial charge in [-0.15, -0.1) is 0 Å². The van der Waals surface area contributed by atoms with E-state index in [-0.39, 0.29) is 17.4 Å². The number of hydrogen-bond donors (Lipinski definition) is 4. The lowest BCUT2D eigenvalue weighted by Gasteiger charge is -2.44. The monoisotopic (exact) mass is 509 g/mol. The van der Waals surface area contributed by atoms with E-state index in [2.05, 4.69) is 30.2 Å². The van der Waals surface area contributed by atoms with E-state index in [1.165, 1.54) is 17.0 Å². The molecule has 0 saturated carbocycles. The van der Waals surface area contributed by atoms with E-state index in [1.807, 2.05) is 20.8 Å². The highest BCUT2D eigenvalue weighted by atomic mass is 32.1. The van der Waals surface area contributed by atoms with Gasteiger partial charge >= 0.3 is 6.09 Å². The number of thiol groups is 1. The molecule has 0 aliphatic carbocycles. The lowest BCUT2D eigenvalue weighted by molar-refractivity contribution is -0.148. The number of carbonyl (C=O) groups excluding carboxylic acids is 3. The first kappa shape index (κ1) is 30.6. The van der Waals surface area contributed by atoms with Crippen LogP contribution in [0.15, 0.2) is 24.3 Å². The minimum absolute atomic E-state index is 0.0226. The molecule has 2 unspecified atom stereocenters. The van der Waals surface area contributed by atoms with Crippen LogP contribution in [-0.4, -0.2) is 57.4 Å². The maximum absolute atomic E-state index is 13.9. The molecule has 0 aliphatic heterocycles. The first-order valence-corrected chi connectivity index (χ1v) is 12.9. The number of amides is 3. The van der Waals surface area contributed by atoms with Gasteiger partial charge < -0.3 is 25.4 Å². The Kier molecular flexibility index (Phi) is 11.9. The van der Waals surface area contributed by atoms with Gasteiger partial charge in [-0.25, -0.2) is 4.79 Å². The maximum Gasteiger partial charge on any atom is 0.408 e. The van der Waals surface area contributed by atoms with E-state index in [0.717, 1.165) is 19.3 Å². The third-order valence-corrected chi connectivity index (χ3v) is 6.09. The minimum atomic E-state index is -1.01. The van der Waals surface area contributed by atoms with Gasteiger partial charge in [-0.2, -0.15) is 12.6 Å². The summed E-state index contributed by atoms with van der Waals surface area (Å²) in [4.78, 5) is 41.4. The zero-order valence-electron chi connectivity index (χ0n) is 22.2. The summed E-state index contributed by atoms with van der Waals surface area (Å²) in [5.74, 6) is -0.686. The second-order valence-corrected chi connectivity index (χ2v) is 10.6. The lowest BCUT2D eigenvalue weighted by Crippen LogP contribution is -2.59. The Morgan fingerprint density at radius 2 is 1.66 bits per heavy atom. The van der Waals surface area contributed by atoms with E-state index in [1.54, 1.807) is 32.9 Å². The standard InChI is InChI=1S/C26H43N3O5S/c1-8-10-11-16-27-22(31)21(18-12-14-19(30)15-13-18)29(26(6,7)9-2)23(32)20(17-35)28-24(33)34-25(3,4)5/h12-15,20-21,30,35H,8-11,16-17H2,1-7H3,(H,27,31)(H,28,33). The first-order chi connectivity index (χ1) is 16.3. The van der Waals surface area contributed by atoms with Crippen molar-refractivity contribution in [3.63, 3.8) is 0 Å². The van der Waals surface area contributed by atoms with Crippen LogP contribution in [-0.2, 0) is 14.3 Å². The molecule has 1 aromatic carbocycles. The summed E-state index contributed by atoms with van der Waals surface area (Å²) in [6.45, 7) is 13.5. The molecule has 3 N–H and O–H groups in total. The Morgan fingerprint density at radius 3 is 2.14 bits per heavy atom. The number of phenolic OH excluding ortho intramolecular Hbond substituents is 1. The van der Waals surface area contributed by atoms with Crippen LogP contribution in [0.3, 0.4) is 0 Å². The van der Waals surface area contributed by atoms with Crippen molar-refractivity contribution in [3.8, 4) is 5.75 Å². The average Bonchev–Trinajstić information content (AvgIpc) is 2.77. The van der Waals surface area contributed by atoms with E-state index >= 15 is 0 Å². The molecular weight excluding hydrogens is 466 g/mol. The zero-order valence-corrected chi connectivity index (χ0v) is 23.1. The molecule has 2 atom stereocenters. The second-order valence-electron chi connectivity index (χ2n) is 10.2. The van der Waals surface area contributed by atoms with Crippen molar-refractivity contribution in [1.29, 1.82) is 0 Å². The summed E-state index contributed by atoms with van der Waals surface area (Å²) in [5.41, 5.74) is -0.915. The number of nitrogens with zero attached hydrogens (tertiary/aromatic N) is 1. The van der Waals surface area contributed by atoms with Crippen molar-refractivity contribution < 1.29 is 24.2 Å². The predicted molar refractivity (Wildman–Crippen MR) is 142 cm³/mol. The number of rotatable bonds is 12. The molecule has 0 heterocycles. The molecule has 1 aromatic rings. The molecule has 3 amide bonds. The number of unbranched alkanes of at least 4 members (excludes halogenated alkanes) is 2. The number of carbonyl (C=O) groups is 3. The van der Waals surface area contributed by atoms with Crippen LogP contribution >= 0.6 is 12.6 Å². The predicted octanol–water partition coefficient (Wildman–Crippen LogP) is 4.58. The third kappa shape index (κ3) is 9.63. The smallest absolute Gasteiger partial charge is 0.408 e. The quantitative estimate of drug-likeness (QED) is 0.244. The molecule has 1 rings (SSSR count). The first-order valence-electron chi connectivity index (χ1n) is 12.3. The van der Waals surface area contributed by atoms with Gasteiger partial charge in [0.1, 0.15) is 23.4 Å². The van der Waals surface area contributed by atoms with Gasteiger partial charge in [-0.3, -0.25) is 9.59 Å². The van der Waals surface area contributed by atoms with Gasteiger partial charge in [0.15, 0.2) is 0 Å². The molecule has 0 aliphatic rings. The molecule has 35 heavy (non-hydrogen) atoms. The van der Waals surface area contributed by atoms with Gasteiger partial charge in [0.2, 0.25) is 11.8 Å². The number of alkyl carbamates (subject to hydrolysis) is 1. The lowest BCUT2D eigenvalue weighted by atomic mass is 9.92. The Labute approximate surface area is 215 Å². The van der Waals surface area contributed by atoms with Gasteiger partial charge in [0, 0.05) is 17.8 Å². The maximum atomic E-state index is 13.9. The van der Waals surface area contributed by atoms with Crippen LogP contribution in [0.1, 0.15) is 85.8 Å². The van der Waals surface area contributed by atoms with Crippen LogP contribution in [0, 0.1) is 0 Å². The highest BCUT2D eigenvalue weighted by Crippen LogP contribution is 2.33. The summed E-state index contributed by atoms with van der Waals surface area (Å²) in [6, 6.07) is 4.27. The second kappa shape index (κ2) is 13.6. The van der Waals surface area contributed by atoms with Crippen molar-refractivity contribution in [2.24, 2.45) is 0 Å². The molecule has 0 spiro atoms. The van der Waals surface area contributed by atoms with Crippen LogP contribution in [0.25, 0.3) is 0 Å². The number of nitrogens with one attached hydrogen (secondary N) is 2. The average molecular weight is 510 g/mol. The van der Waals surface area contributed by atoms with Crippen LogP contribution in [0.2, 0.25) is 0 Å². The SMILES string of the molecule is CCCCCNC(=O)C(c1ccc(O)cc1)N(C(=O)C(CS)NC(=O)OC(C)(C)C)C(C)(C)CC. The summed E-state index contributed by atoms with van der Waals surface area (Å²) < 4.78 is 5.33. The van der Waals surface area contributed by atoms with Gasteiger partial charge in [-0.1, -0.05) is 38.8 Å². The molecule has 0 aromatic heterocycles. The number of benzene rings is 1. The van der Waals surface area contributed by atoms with Crippen molar-refractivity contribution in [1.82, 2.24) is 15.5 Å². The van der Waals surface area contributed by atoms with Crippen molar-refractivity contribution in [3.05, 3.63) is 29.8 Å². The summed E-state index contributed by atoms with van der Waals surface area (Å²) in [5, 5.41) is 15.4. The van der Waals surface area contributed by atoms with E-state index in [0.29, 0.717) is 18.5 Å². The van der Waals surface area contributed by atoms with Crippen molar-refractivity contribution in [2.45, 2.75) is 97.4 Å². The largest absolute Gasteiger partial charge is 0.508 e. The zero-order chi connectivity index (χ0) is 26.8. The third-order valence-electron chi connectivity index (χ3n) is 5.72. The minimum Gasteiger partial charge on any atom is -0.508 e. The van der Waals surface area contributed by atoms with Crippen molar-refractivity contribution >= 4 is 30.5 Å². The molecule has 0 saturated heterocycles. The molecule has 0 bridgehead atoms. The van der Waals surface area contributed by atoms with Crippen LogP contribution in [0.5, 0.6) is 5.75 Å². The fourth-order valence-electron chi connectivity index (χ4n) is 3.51. The molecule has 198 valence electrons. The molecule has 0 radical (unpaired) electrons. The van der Waals surface area contributed by atoms with Gasteiger partial charge in [-0.05, 0) is 65.2 Å². The summed E-state index contributed by atoms with van der Waals surface area (Å²) in [7, 11) is 0. The topological polar surface area (TPSA) is 108 Å². The Balaban J connectivity index is 3.43. The molecule has 0 fully saturated rings.